The van der Waals surface area contributed by atoms with Crippen molar-refractivity contribution in [3.8, 4) is 0 Å². The molecule has 7 rings (SSSR count). The van der Waals surface area contributed by atoms with Gasteiger partial charge in [-0.05, 0) is 61.8 Å². The average molecular weight is 506 g/mol. The predicted octanol–water partition coefficient (Wildman–Crippen LogP) is 6.76. The highest BCUT2D eigenvalue weighted by Gasteiger charge is 2.57. The molecule has 0 spiro atoms. The third kappa shape index (κ3) is 3.84. The van der Waals surface area contributed by atoms with Gasteiger partial charge in [0.1, 0.15) is 0 Å². The molecule has 3 atom stereocenters. The molecule has 3 aromatic rings. The van der Waals surface area contributed by atoms with Crippen molar-refractivity contribution in [2.75, 3.05) is 0 Å². The zero-order valence-electron chi connectivity index (χ0n) is 18.6. The van der Waals surface area contributed by atoms with Crippen LogP contribution in [-0.2, 0) is 9.53 Å². The van der Waals surface area contributed by atoms with Gasteiger partial charge in [0.2, 0.25) is 5.78 Å². The number of para-hydroxylation sites is 1. The van der Waals surface area contributed by atoms with E-state index in [1.807, 2.05) is 54.6 Å². The maximum Gasteiger partial charge on any atom is 0.307 e. The molecule has 5 heteroatoms. The number of alkyl halides is 1. The third-order valence-electron chi connectivity index (χ3n) is 8.07. The molecule has 4 bridgehead atoms. The van der Waals surface area contributed by atoms with Gasteiger partial charge in [0.05, 0.1) is 6.42 Å². The Labute approximate surface area is 202 Å². The van der Waals surface area contributed by atoms with Crippen molar-refractivity contribution in [3.05, 3.63) is 71.9 Å². The number of hydrogen-bond donors (Lipinski definition) is 1. The number of H-pyrrole nitrogens is 1. The lowest BCUT2D eigenvalue weighted by Crippen LogP contribution is -2.53. The number of aromatic amines is 1. The van der Waals surface area contributed by atoms with E-state index in [9.17, 15) is 9.59 Å². The summed E-state index contributed by atoms with van der Waals surface area (Å²) in [6.07, 6.45) is 8.20. The smallest absolute Gasteiger partial charge is 0.307 e. The van der Waals surface area contributed by atoms with Gasteiger partial charge in [0, 0.05) is 32.6 Å². The molecule has 0 unspecified atom stereocenters. The molecular formula is C28H28BrNO3. The summed E-state index contributed by atoms with van der Waals surface area (Å²) in [5.41, 5.74) is 2.18. The maximum atomic E-state index is 13.7. The second-order valence-corrected chi connectivity index (χ2v) is 12.4. The fourth-order valence-corrected chi connectivity index (χ4v) is 8.85. The Morgan fingerprint density at radius 2 is 1.70 bits per heavy atom. The molecule has 4 saturated carbocycles. The number of benzene rings is 2. The topological polar surface area (TPSA) is 59.2 Å². The lowest BCUT2D eigenvalue weighted by molar-refractivity contribution is -0.154. The molecule has 1 heterocycles. The van der Waals surface area contributed by atoms with Crippen molar-refractivity contribution in [3.63, 3.8) is 0 Å². The molecule has 2 aromatic carbocycles. The van der Waals surface area contributed by atoms with Crippen LogP contribution in [-0.4, -0.2) is 21.1 Å². The van der Waals surface area contributed by atoms with E-state index in [0.717, 1.165) is 30.2 Å². The zero-order chi connectivity index (χ0) is 22.6. The van der Waals surface area contributed by atoms with E-state index >= 15 is 0 Å². The lowest BCUT2D eigenvalue weighted by atomic mass is 9.49. The number of carbonyl (C=O) groups excluding carboxylic acids is 2. The van der Waals surface area contributed by atoms with Gasteiger partial charge in [-0.2, -0.15) is 0 Å². The summed E-state index contributed by atoms with van der Waals surface area (Å²) in [6.45, 7) is 0. The fraction of sp³-hybridized carbons (Fsp3) is 0.429. The van der Waals surface area contributed by atoms with Crippen LogP contribution < -0.4 is 0 Å². The second kappa shape index (κ2) is 7.83. The Balaban J connectivity index is 1.27. The number of Topliss-reactive ketones (excluding diaryl/α,β-unsaturated/α-hetero) is 1. The minimum atomic E-state index is -0.940. The van der Waals surface area contributed by atoms with Crippen molar-refractivity contribution in [2.24, 2.45) is 17.3 Å². The van der Waals surface area contributed by atoms with Gasteiger partial charge in [-0.3, -0.25) is 9.59 Å². The Morgan fingerprint density at radius 1 is 1.00 bits per heavy atom. The molecular weight excluding hydrogens is 478 g/mol. The summed E-state index contributed by atoms with van der Waals surface area (Å²) in [5, 5.41) is 0.849. The minimum Gasteiger partial charge on any atom is -0.449 e. The number of hydrogen-bond acceptors (Lipinski definition) is 3. The van der Waals surface area contributed by atoms with Crippen molar-refractivity contribution in [2.45, 2.75) is 55.4 Å². The number of carbonyl (C=O) groups is 2. The number of esters is 1. The Morgan fingerprint density at radius 3 is 2.42 bits per heavy atom. The zero-order valence-corrected chi connectivity index (χ0v) is 20.1. The molecule has 0 saturated heterocycles. The molecule has 1 aromatic heterocycles. The molecule has 0 radical (unpaired) electrons. The highest BCUT2D eigenvalue weighted by Crippen LogP contribution is 2.65. The monoisotopic (exact) mass is 505 g/mol. The van der Waals surface area contributed by atoms with Crippen LogP contribution in [0, 0.1) is 17.3 Å². The van der Waals surface area contributed by atoms with Crippen molar-refractivity contribution < 1.29 is 14.3 Å². The quantitative estimate of drug-likeness (QED) is 0.228. The fourth-order valence-electron chi connectivity index (χ4n) is 7.34. The van der Waals surface area contributed by atoms with Gasteiger partial charge >= 0.3 is 5.97 Å². The molecule has 4 fully saturated rings. The van der Waals surface area contributed by atoms with E-state index in [1.165, 1.54) is 19.3 Å². The van der Waals surface area contributed by atoms with Crippen LogP contribution in [0.25, 0.3) is 10.9 Å². The van der Waals surface area contributed by atoms with Crippen LogP contribution in [0.2, 0.25) is 0 Å². The van der Waals surface area contributed by atoms with Crippen LogP contribution in [0.4, 0.5) is 0 Å². The van der Waals surface area contributed by atoms with Gasteiger partial charge in [0.25, 0.3) is 0 Å². The van der Waals surface area contributed by atoms with Crippen LogP contribution in [0.5, 0.6) is 0 Å². The van der Waals surface area contributed by atoms with Crippen LogP contribution in [0.15, 0.2) is 60.8 Å². The summed E-state index contributed by atoms with van der Waals surface area (Å²) in [4.78, 5) is 30.2. The molecule has 170 valence electrons. The summed E-state index contributed by atoms with van der Waals surface area (Å²) in [5.74, 6) is 0.969. The summed E-state index contributed by atoms with van der Waals surface area (Å²) < 4.78 is 6.22. The number of halogens is 1. The summed E-state index contributed by atoms with van der Waals surface area (Å²) >= 11 is 4.03. The second-order valence-electron chi connectivity index (χ2n) is 10.7. The van der Waals surface area contributed by atoms with Gasteiger partial charge in [-0.1, -0.05) is 64.5 Å². The first-order valence-corrected chi connectivity index (χ1v) is 12.8. The number of aromatic nitrogens is 1. The summed E-state index contributed by atoms with van der Waals surface area (Å²) in [7, 11) is 0. The number of ketones is 1. The standard InChI is InChI=1S/C28H28BrNO3/c29-28-13-18-10-19(14-28)12-27(11-18,17-28)15-24(31)33-26(20-6-2-1-3-7-20)25(32)22-16-30-23-9-5-4-8-21(22)23/h1-9,16,18-19,26,30H,10-15,17H2/t18-,19-,26+,27?,28?/m0/s1. The highest BCUT2D eigenvalue weighted by molar-refractivity contribution is 9.10. The maximum absolute atomic E-state index is 13.7. The van der Waals surface area contributed by atoms with Gasteiger partial charge in [-0.25, -0.2) is 0 Å². The van der Waals surface area contributed by atoms with E-state index in [1.54, 1.807) is 6.20 Å². The molecule has 4 nitrogen and oxygen atoms in total. The van der Waals surface area contributed by atoms with Gasteiger partial charge < -0.3 is 9.72 Å². The number of fused-ring (bicyclic) bond motifs is 1. The van der Waals surface area contributed by atoms with E-state index in [-0.39, 0.29) is 21.5 Å². The molecule has 0 amide bonds. The molecule has 1 N–H and O–H groups in total. The van der Waals surface area contributed by atoms with Crippen LogP contribution in [0.1, 0.15) is 67.0 Å². The molecule has 4 aliphatic rings. The summed E-state index contributed by atoms with van der Waals surface area (Å²) in [6, 6.07) is 17.1. The largest absolute Gasteiger partial charge is 0.449 e. The molecule has 33 heavy (non-hydrogen) atoms. The van der Waals surface area contributed by atoms with Crippen molar-refractivity contribution >= 4 is 38.6 Å². The molecule has 0 aliphatic heterocycles. The Bertz CT molecular complexity index is 1200. The van der Waals surface area contributed by atoms with E-state index in [2.05, 4.69) is 20.9 Å². The van der Waals surface area contributed by atoms with Crippen LogP contribution >= 0.6 is 15.9 Å². The van der Waals surface area contributed by atoms with Crippen LogP contribution in [0.3, 0.4) is 0 Å². The molecule has 4 aliphatic carbocycles. The van der Waals surface area contributed by atoms with Gasteiger partial charge in [0.15, 0.2) is 6.10 Å². The number of rotatable bonds is 6. The number of nitrogens with one attached hydrogen (secondary N) is 1. The van der Waals surface area contributed by atoms with Crippen molar-refractivity contribution in [1.29, 1.82) is 0 Å². The van der Waals surface area contributed by atoms with Gasteiger partial charge in [-0.15, -0.1) is 0 Å². The predicted molar refractivity (Wildman–Crippen MR) is 131 cm³/mol. The minimum absolute atomic E-state index is 0.00966. The normalized spacial score (nSPS) is 30.9. The first-order chi connectivity index (χ1) is 15.9. The SMILES string of the molecule is O=C(CC12C[C@@H]3C[C@H](CC(Br)(C3)C1)C2)O[C@@H](C(=O)c1c[nH]c2ccccc12)c1ccccc1. The first-order valence-electron chi connectivity index (χ1n) is 12.0. The van der Waals surface area contributed by atoms with E-state index in [0.29, 0.717) is 29.4 Å². The van der Waals surface area contributed by atoms with Crippen molar-refractivity contribution in [1.82, 2.24) is 4.98 Å². The van der Waals surface area contributed by atoms with E-state index < -0.39 is 6.10 Å². The lowest BCUT2D eigenvalue weighted by Gasteiger charge is -2.60. The van der Waals surface area contributed by atoms with E-state index in [4.69, 9.17) is 4.74 Å². The average Bonchev–Trinajstić information content (AvgIpc) is 3.20. The third-order valence-corrected chi connectivity index (χ3v) is 9.00. The first kappa shape index (κ1) is 21.2. The Kier molecular flexibility index (Phi) is 5.02. The number of ether oxygens (including phenoxy) is 1. The highest BCUT2D eigenvalue weighted by atomic mass is 79.9. The Hall–Kier alpha value is -2.40.